The van der Waals surface area contributed by atoms with Crippen LogP contribution < -0.4 is 4.90 Å². The third-order valence-electron chi connectivity index (χ3n) is 3.00. The minimum absolute atomic E-state index is 0.251. The highest BCUT2D eigenvalue weighted by Gasteiger charge is 2.13. The summed E-state index contributed by atoms with van der Waals surface area (Å²) in [6, 6.07) is 5.89. The summed E-state index contributed by atoms with van der Waals surface area (Å²) in [5, 5.41) is 0. The predicted octanol–water partition coefficient (Wildman–Crippen LogP) is 3.13. The van der Waals surface area contributed by atoms with Crippen molar-refractivity contribution in [3.8, 4) is 0 Å². The average molecular weight is 249 g/mol. The first kappa shape index (κ1) is 14.6. The van der Waals surface area contributed by atoms with Crippen molar-refractivity contribution in [2.24, 2.45) is 5.92 Å². The summed E-state index contributed by atoms with van der Waals surface area (Å²) < 4.78 is 4.83. The molecule has 0 fully saturated rings. The zero-order valence-electron chi connectivity index (χ0n) is 12.0. The van der Waals surface area contributed by atoms with Gasteiger partial charge in [-0.3, -0.25) is 0 Å². The fraction of sp³-hybridized carbons (Fsp3) is 0.533. The molecule has 0 atom stereocenters. The van der Waals surface area contributed by atoms with E-state index in [0.717, 1.165) is 24.1 Å². The Labute approximate surface area is 110 Å². The molecule has 100 valence electrons. The normalized spacial score (nSPS) is 10.6. The molecule has 0 aliphatic carbocycles. The minimum Gasteiger partial charge on any atom is -0.465 e. The minimum atomic E-state index is -0.251. The maximum atomic E-state index is 11.7. The number of ether oxygens (including phenoxy) is 1. The van der Waals surface area contributed by atoms with Gasteiger partial charge < -0.3 is 9.64 Å². The summed E-state index contributed by atoms with van der Waals surface area (Å²) in [5.41, 5.74) is 2.87. The number of esters is 1. The van der Waals surface area contributed by atoms with E-state index in [1.54, 1.807) is 0 Å². The van der Waals surface area contributed by atoms with Crippen LogP contribution in [0.2, 0.25) is 0 Å². The Hall–Kier alpha value is -1.51. The van der Waals surface area contributed by atoms with Crippen molar-refractivity contribution in [2.45, 2.75) is 26.7 Å². The van der Waals surface area contributed by atoms with Crippen LogP contribution in [-0.2, 0) is 11.2 Å². The third kappa shape index (κ3) is 3.76. The molecule has 1 aromatic carbocycles. The molecule has 0 saturated carbocycles. The van der Waals surface area contributed by atoms with E-state index in [4.69, 9.17) is 4.74 Å². The van der Waals surface area contributed by atoms with E-state index in [9.17, 15) is 4.79 Å². The number of hydrogen-bond acceptors (Lipinski definition) is 3. The van der Waals surface area contributed by atoms with Crippen LogP contribution in [0.5, 0.6) is 0 Å². The molecule has 0 unspecified atom stereocenters. The van der Waals surface area contributed by atoms with Crippen LogP contribution >= 0.6 is 0 Å². The number of anilines is 1. The second-order valence-electron chi connectivity index (χ2n) is 5.16. The summed E-state index contributed by atoms with van der Waals surface area (Å²) >= 11 is 0. The van der Waals surface area contributed by atoms with Gasteiger partial charge in [0.25, 0.3) is 0 Å². The van der Waals surface area contributed by atoms with Crippen LogP contribution in [0, 0.1) is 5.92 Å². The zero-order chi connectivity index (χ0) is 13.7. The number of rotatable bonds is 5. The maximum Gasteiger partial charge on any atom is 0.338 e. The molecule has 0 amide bonds. The Morgan fingerprint density at radius 1 is 1.33 bits per heavy atom. The highest BCUT2D eigenvalue weighted by molar-refractivity contribution is 5.91. The van der Waals surface area contributed by atoms with Gasteiger partial charge in [-0.25, -0.2) is 4.79 Å². The van der Waals surface area contributed by atoms with Gasteiger partial charge >= 0.3 is 5.97 Å². The summed E-state index contributed by atoms with van der Waals surface area (Å²) in [6.07, 6.45) is 1.98. The lowest BCUT2D eigenvalue weighted by molar-refractivity contribution is 0.0599. The number of carbonyl (C=O) groups is 1. The number of aryl methyl sites for hydroxylation is 1. The van der Waals surface area contributed by atoms with Gasteiger partial charge in [-0.1, -0.05) is 13.8 Å². The Morgan fingerprint density at radius 3 is 2.50 bits per heavy atom. The van der Waals surface area contributed by atoms with Crippen molar-refractivity contribution in [2.75, 3.05) is 26.1 Å². The standard InChI is InChI=1S/C15H23NO2/c1-11(2)6-7-12-10-13(16(3)4)8-9-14(12)15(17)18-5/h8-11H,6-7H2,1-5H3. The highest BCUT2D eigenvalue weighted by atomic mass is 16.5. The number of benzene rings is 1. The molecule has 3 heteroatoms. The number of carbonyl (C=O) groups excluding carboxylic acids is 1. The third-order valence-corrected chi connectivity index (χ3v) is 3.00. The largest absolute Gasteiger partial charge is 0.465 e. The van der Waals surface area contributed by atoms with Gasteiger partial charge in [-0.15, -0.1) is 0 Å². The molecule has 0 heterocycles. The molecule has 0 saturated heterocycles. The quantitative estimate of drug-likeness (QED) is 0.751. The molecule has 3 nitrogen and oxygen atoms in total. The Balaban J connectivity index is 3.05. The predicted molar refractivity (Wildman–Crippen MR) is 75.3 cm³/mol. The SMILES string of the molecule is COC(=O)c1ccc(N(C)C)cc1CCC(C)C. The molecule has 0 aliphatic rings. The van der Waals surface area contributed by atoms with Gasteiger partial charge in [-0.05, 0) is 42.5 Å². The van der Waals surface area contributed by atoms with Crippen molar-refractivity contribution < 1.29 is 9.53 Å². The summed E-state index contributed by atoms with van der Waals surface area (Å²) in [7, 11) is 5.42. The van der Waals surface area contributed by atoms with Crippen LogP contribution in [0.3, 0.4) is 0 Å². The average Bonchev–Trinajstić information content (AvgIpc) is 2.34. The van der Waals surface area contributed by atoms with E-state index in [2.05, 4.69) is 19.9 Å². The molecule has 0 radical (unpaired) electrons. The molecular weight excluding hydrogens is 226 g/mol. The lowest BCUT2D eigenvalue weighted by Crippen LogP contribution is -2.12. The van der Waals surface area contributed by atoms with Crippen LogP contribution in [0.25, 0.3) is 0 Å². The second kappa shape index (κ2) is 6.43. The van der Waals surface area contributed by atoms with E-state index >= 15 is 0 Å². The summed E-state index contributed by atoms with van der Waals surface area (Å²) in [4.78, 5) is 13.8. The van der Waals surface area contributed by atoms with Gasteiger partial charge in [-0.2, -0.15) is 0 Å². The maximum absolute atomic E-state index is 11.7. The lowest BCUT2D eigenvalue weighted by Gasteiger charge is -2.16. The van der Waals surface area contributed by atoms with E-state index < -0.39 is 0 Å². The van der Waals surface area contributed by atoms with Gasteiger partial charge in [0.2, 0.25) is 0 Å². The van der Waals surface area contributed by atoms with Gasteiger partial charge in [0, 0.05) is 19.8 Å². The molecular formula is C15H23NO2. The van der Waals surface area contributed by atoms with Crippen molar-refractivity contribution in [1.82, 2.24) is 0 Å². The van der Waals surface area contributed by atoms with E-state index in [-0.39, 0.29) is 5.97 Å². The van der Waals surface area contributed by atoms with Crippen molar-refractivity contribution in [1.29, 1.82) is 0 Å². The van der Waals surface area contributed by atoms with Gasteiger partial charge in [0.05, 0.1) is 12.7 Å². The smallest absolute Gasteiger partial charge is 0.338 e. The first-order valence-electron chi connectivity index (χ1n) is 6.34. The monoisotopic (exact) mass is 249 g/mol. The Bertz CT molecular complexity index is 411. The first-order valence-corrected chi connectivity index (χ1v) is 6.34. The van der Waals surface area contributed by atoms with E-state index in [1.165, 1.54) is 7.11 Å². The molecule has 1 aromatic rings. The molecule has 0 bridgehead atoms. The summed E-state index contributed by atoms with van der Waals surface area (Å²) in [6.45, 7) is 4.38. The molecule has 0 aliphatic heterocycles. The lowest BCUT2D eigenvalue weighted by atomic mass is 9.97. The van der Waals surface area contributed by atoms with E-state index in [1.807, 2.05) is 31.1 Å². The first-order chi connectivity index (χ1) is 8.45. The van der Waals surface area contributed by atoms with Gasteiger partial charge in [0.15, 0.2) is 0 Å². The molecule has 0 aromatic heterocycles. The van der Waals surface area contributed by atoms with Crippen LogP contribution in [0.15, 0.2) is 18.2 Å². The van der Waals surface area contributed by atoms with Crippen molar-refractivity contribution >= 4 is 11.7 Å². The van der Waals surface area contributed by atoms with Crippen LogP contribution in [-0.4, -0.2) is 27.2 Å². The topological polar surface area (TPSA) is 29.5 Å². The second-order valence-corrected chi connectivity index (χ2v) is 5.16. The fourth-order valence-corrected chi connectivity index (χ4v) is 1.82. The highest BCUT2D eigenvalue weighted by Crippen LogP contribution is 2.21. The van der Waals surface area contributed by atoms with Crippen LogP contribution in [0.4, 0.5) is 5.69 Å². The van der Waals surface area contributed by atoms with Gasteiger partial charge in [0.1, 0.15) is 0 Å². The molecule has 0 N–H and O–H groups in total. The zero-order valence-corrected chi connectivity index (χ0v) is 12.0. The Morgan fingerprint density at radius 2 is 2.00 bits per heavy atom. The van der Waals surface area contributed by atoms with E-state index in [0.29, 0.717) is 11.5 Å². The fourth-order valence-electron chi connectivity index (χ4n) is 1.82. The number of nitrogens with zero attached hydrogens (tertiary/aromatic N) is 1. The summed E-state index contributed by atoms with van der Waals surface area (Å²) in [5.74, 6) is 0.373. The Kier molecular flexibility index (Phi) is 5.20. The molecule has 18 heavy (non-hydrogen) atoms. The van der Waals surface area contributed by atoms with Crippen LogP contribution in [0.1, 0.15) is 36.2 Å². The number of hydrogen-bond donors (Lipinski definition) is 0. The number of methoxy groups -OCH3 is 1. The van der Waals surface area contributed by atoms with Crippen molar-refractivity contribution in [3.05, 3.63) is 29.3 Å². The molecule has 1 rings (SSSR count). The van der Waals surface area contributed by atoms with Crippen molar-refractivity contribution in [3.63, 3.8) is 0 Å². The molecule has 0 spiro atoms.